The summed E-state index contributed by atoms with van der Waals surface area (Å²) in [5.41, 5.74) is 5.20. The summed E-state index contributed by atoms with van der Waals surface area (Å²) < 4.78 is 37.5. The van der Waals surface area contributed by atoms with Gasteiger partial charge in [0, 0.05) is 18.1 Å². The molecule has 2 N–H and O–H groups in total. The van der Waals surface area contributed by atoms with E-state index >= 15 is 0 Å². The third kappa shape index (κ3) is 4.47. The molecule has 102 valence electrons. The predicted octanol–water partition coefficient (Wildman–Crippen LogP) is 2.78. The Morgan fingerprint density at radius 3 is 1.82 bits per heavy atom. The minimum absolute atomic E-state index is 0.0956. The van der Waals surface area contributed by atoms with Gasteiger partial charge in [-0.05, 0) is 32.1 Å². The van der Waals surface area contributed by atoms with Crippen LogP contribution in [-0.2, 0) is 0 Å². The highest BCUT2D eigenvalue weighted by molar-refractivity contribution is 4.96. The second-order valence-corrected chi connectivity index (χ2v) is 6.36. The quantitative estimate of drug-likeness (QED) is 0.815. The standard InChI is InChI=1S/C12H23F3N2/c1-10(2,11(3,4)16)7-17(9-5-6-9)8-12(13,14)15/h9H,5-8,16H2,1-4H3. The topological polar surface area (TPSA) is 29.3 Å². The van der Waals surface area contributed by atoms with Crippen LogP contribution in [-0.4, -0.2) is 35.7 Å². The fraction of sp³-hybridized carbons (Fsp3) is 1.00. The molecule has 0 spiro atoms. The first-order valence-corrected chi connectivity index (χ1v) is 6.02. The van der Waals surface area contributed by atoms with Crippen molar-refractivity contribution < 1.29 is 13.2 Å². The van der Waals surface area contributed by atoms with Gasteiger partial charge in [0.2, 0.25) is 0 Å². The molecule has 2 nitrogen and oxygen atoms in total. The Kier molecular flexibility index (Phi) is 3.85. The first-order valence-electron chi connectivity index (χ1n) is 6.02. The molecule has 0 radical (unpaired) electrons. The number of alkyl halides is 3. The van der Waals surface area contributed by atoms with Gasteiger partial charge in [0.1, 0.15) is 0 Å². The number of hydrogen-bond donors (Lipinski definition) is 1. The lowest BCUT2D eigenvalue weighted by Crippen LogP contribution is -2.54. The fourth-order valence-corrected chi connectivity index (χ4v) is 1.70. The highest BCUT2D eigenvalue weighted by Gasteiger charge is 2.43. The highest BCUT2D eigenvalue weighted by Crippen LogP contribution is 2.36. The van der Waals surface area contributed by atoms with Crippen LogP contribution in [0.2, 0.25) is 0 Å². The second-order valence-electron chi connectivity index (χ2n) is 6.36. The molecule has 1 rings (SSSR count). The lowest BCUT2D eigenvalue weighted by atomic mass is 9.75. The molecule has 1 aliphatic rings. The summed E-state index contributed by atoms with van der Waals surface area (Å²) in [7, 11) is 0. The summed E-state index contributed by atoms with van der Waals surface area (Å²) in [6.45, 7) is 7.16. The molecule has 1 saturated carbocycles. The Labute approximate surface area is 101 Å². The molecule has 17 heavy (non-hydrogen) atoms. The van der Waals surface area contributed by atoms with Crippen LogP contribution in [0.25, 0.3) is 0 Å². The summed E-state index contributed by atoms with van der Waals surface area (Å²) in [6.07, 6.45) is -2.38. The smallest absolute Gasteiger partial charge is 0.325 e. The van der Waals surface area contributed by atoms with Gasteiger partial charge in [-0.3, -0.25) is 4.90 Å². The Hall–Kier alpha value is -0.290. The molecule has 5 heteroatoms. The maximum absolute atomic E-state index is 12.5. The van der Waals surface area contributed by atoms with Gasteiger partial charge in [-0.25, -0.2) is 0 Å². The average Bonchev–Trinajstić information content (AvgIpc) is 2.77. The molecule has 0 aromatic carbocycles. The zero-order valence-electron chi connectivity index (χ0n) is 11.1. The molecular weight excluding hydrogens is 229 g/mol. The molecule has 0 aromatic heterocycles. The van der Waals surface area contributed by atoms with E-state index in [0.29, 0.717) is 6.54 Å². The van der Waals surface area contributed by atoms with Gasteiger partial charge in [-0.1, -0.05) is 13.8 Å². The molecule has 0 bridgehead atoms. The van der Waals surface area contributed by atoms with Crippen LogP contribution >= 0.6 is 0 Å². The minimum Gasteiger partial charge on any atom is -0.325 e. The largest absolute Gasteiger partial charge is 0.401 e. The van der Waals surface area contributed by atoms with E-state index in [2.05, 4.69) is 0 Å². The second kappa shape index (κ2) is 4.43. The Bertz CT molecular complexity index is 262. The third-order valence-electron chi connectivity index (χ3n) is 3.79. The van der Waals surface area contributed by atoms with Gasteiger partial charge in [0.15, 0.2) is 0 Å². The van der Waals surface area contributed by atoms with Crippen molar-refractivity contribution in [2.24, 2.45) is 11.1 Å². The van der Waals surface area contributed by atoms with Crippen LogP contribution < -0.4 is 5.73 Å². The number of halogens is 3. The van der Waals surface area contributed by atoms with E-state index in [1.54, 1.807) is 0 Å². The molecule has 1 fully saturated rings. The van der Waals surface area contributed by atoms with Crippen LogP contribution in [0.1, 0.15) is 40.5 Å². The van der Waals surface area contributed by atoms with E-state index in [0.717, 1.165) is 12.8 Å². The van der Waals surface area contributed by atoms with Gasteiger partial charge in [-0.2, -0.15) is 13.2 Å². The monoisotopic (exact) mass is 252 g/mol. The molecule has 0 heterocycles. The maximum Gasteiger partial charge on any atom is 0.401 e. The lowest BCUT2D eigenvalue weighted by molar-refractivity contribution is -0.151. The van der Waals surface area contributed by atoms with Crippen LogP contribution in [0.3, 0.4) is 0 Å². The molecule has 0 saturated heterocycles. The van der Waals surface area contributed by atoms with Crippen LogP contribution in [0.5, 0.6) is 0 Å². The van der Waals surface area contributed by atoms with Crippen LogP contribution in [0, 0.1) is 5.41 Å². The van der Waals surface area contributed by atoms with E-state index in [4.69, 9.17) is 5.73 Å². The first-order chi connectivity index (χ1) is 7.42. The third-order valence-corrected chi connectivity index (χ3v) is 3.79. The van der Waals surface area contributed by atoms with E-state index in [-0.39, 0.29) is 11.5 Å². The average molecular weight is 252 g/mol. The van der Waals surface area contributed by atoms with Gasteiger partial charge in [-0.15, -0.1) is 0 Å². The van der Waals surface area contributed by atoms with Crippen molar-refractivity contribution >= 4 is 0 Å². The van der Waals surface area contributed by atoms with Crippen molar-refractivity contribution in [3.63, 3.8) is 0 Å². The Morgan fingerprint density at radius 1 is 1.06 bits per heavy atom. The first kappa shape index (κ1) is 14.8. The molecule has 0 aromatic rings. The fourth-order valence-electron chi connectivity index (χ4n) is 1.70. The number of nitrogens with zero attached hydrogens (tertiary/aromatic N) is 1. The normalized spacial score (nSPS) is 18.9. The Balaban J connectivity index is 2.67. The van der Waals surface area contributed by atoms with E-state index in [1.165, 1.54) is 4.90 Å². The van der Waals surface area contributed by atoms with Crippen molar-refractivity contribution in [1.82, 2.24) is 4.90 Å². The van der Waals surface area contributed by atoms with Crippen molar-refractivity contribution in [2.75, 3.05) is 13.1 Å². The van der Waals surface area contributed by atoms with Gasteiger partial charge in [0.05, 0.1) is 6.54 Å². The summed E-state index contributed by atoms with van der Waals surface area (Å²) in [5, 5.41) is 0. The zero-order chi connectivity index (χ0) is 13.5. The summed E-state index contributed by atoms with van der Waals surface area (Å²) in [4.78, 5) is 1.54. The summed E-state index contributed by atoms with van der Waals surface area (Å²) in [5.74, 6) is 0. The van der Waals surface area contributed by atoms with Crippen molar-refractivity contribution in [3.8, 4) is 0 Å². The summed E-state index contributed by atoms with van der Waals surface area (Å²) in [6, 6.07) is 0.0956. The van der Waals surface area contributed by atoms with Crippen LogP contribution in [0.15, 0.2) is 0 Å². The molecule has 1 aliphatic carbocycles. The van der Waals surface area contributed by atoms with Crippen molar-refractivity contribution in [2.45, 2.75) is 58.3 Å². The van der Waals surface area contributed by atoms with Crippen molar-refractivity contribution in [1.29, 1.82) is 0 Å². The van der Waals surface area contributed by atoms with Gasteiger partial charge < -0.3 is 5.73 Å². The number of hydrogen-bond acceptors (Lipinski definition) is 2. The highest BCUT2D eigenvalue weighted by atomic mass is 19.4. The van der Waals surface area contributed by atoms with Crippen molar-refractivity contribution in [3.05, 3.63) is 0 Å². The molecule has 0 aliphatic heterocycles. The molecule has 0 amide bonds. The number of rotatable bonds is 5. The van der Waals surface area contributed by atoms with Gasteiger partial charge in [0.25, 0.3) is 0 Å². The molecule has 0 atom stereocenters. The van der Waals surface area contributed by atoms with E-state index < -0.39 is 18.3 Å². The van der Waals surface area contributed by atoms with E-state index in [1.807, 2.05) is 27.7 Å². The van der Waals surface area contributed by atoms with Gasteiger partial charge >= 0.3 is 6.18 Å². The minimum atomic E-state index is -4.13. The predicted molar refractivity (Wildman–Crippen MR) is 62.7 cm³/mol. The SMILES string of the molecule is CC(C)(N)C(C)(C)CN(CC(F)(F)F)C1CC1. The maximum atomic E-state index is 12.5. The lowest BCUT2D eigenvalue weighted by Gasteiger charge is -2.42. The number of nitrogens with two attached hydrogens (primary N) is 1. The Morgan fingerprint density at radius 2 is 1.53 bits per heavy atom. The summed E-state index contributed by atoms with van der Waals surface area (Å²) >= 11 is 0. The van der Waals surface area contributed by atoms with E-state index in [9.17, 15) is 13.2 Å². The molecular formula is C12H23F3N2. The zero-order valence-corrected chi connectivity index (χ0v) is 11.1. The molecule has 0 unspecified atom stereocenters. The van der Waals surface area contributed by atoms with Crippen LogP contribution in [0.4, 0.5) is 13.2 Å².